The van der Waals surface area contributed by atoms with E-state index in [2.05, 4.69) is 10.3 Å². The molecule has 4 aromatic rings. The molecule has 32 heavy (non-hydrogen) atoms. The summed E-state index contributed by atoms with van der Waals surface area (Å²) < 4.78 is 37.2. The minimum Gasteiger partial charge on any atom is -0.449 e. The Bertz CT molecular complexity index is 1310. The summed E-state index contributed by atoms with van der Waals surface area (Å²) in [4.78, 5) is 16.8. The molecule has 0 fully saturated rings. The van der Waals surface area contributed by atoms with E-state index >= 15 is 0 Å². The first-order chi connectivity index (χ1) is 15.5. The van der Waals surface area contributed by atoms with Crippen molar-refractivity contribution in [2.45, 2.75) is 29.9 Å². The van der Waals surface area contributed by atoms with Crippen molar-refractivity contribution in [2.75, 3.05) is 6.61 Å². The van der Waals surface area contributed by atoms with Crippen molar-refractivity contribution in [2.24, 2.45) is 0 Å². The van der Waals surface area contributed by atoms with Crippen molar-refractivity contribution in [1.29, 1.82) is 0 Å². The Morgan fingerprint density at radius 1 is 1.09 bits per heavy atom. The van der Waals surface area contributed by atoms with E-state index in [-0.39, 0.29) is 34.6 Å². The van der Waals surface area contributed by atoms with Crippen LogP contribution in [0.5, 0.6) is 0 Å². The second-order valence-corrected chi connectivity index (χ2v) is 9.02. The van der Waals surface area contributed by atoms with Gasteiger partial charge in [0.05, 0.1) is 22.6 Å². The second kappa shape index (κ2) is 9.33. The number of carbonyl (C=O) groups excluding carboxylic acids is 1. The monoisotopic (exact) mass is 450 g/mol. The van der Waals surface area contributed by atoms with E-state index in [9.17, 15) is 13.2 Å². The maximum Gasteiger partial charge on any atom is 0.287 e. The van der Waals surface area contributed by atoms with Gasteiger partial charge in [-0.2, -0.15) is 0 Å². The van der Waals surface area contributed by atoms with Gasteiger partial charge in [0.1, 0.15) is 0 Å². The Morgan fingerprint density at radius 2 is 1.88 bits per heavy atom. The first-order valence-electron chi connectivity index (χ1n) is 10.1. The lowest BCUT2D eigenvalue weighted by molar-refractivity contribution is 0.0925. The SMILES string of the molecule is CCOCc1ccccc1S(=O)(=O)c1ccc(CNC(=O)c2cc3ccncc3o2)cc1. The normalized spacial score (nSPS) is 11.5. The molecular formula is C24H22N2O5S. The highest BCUT2D eigenvalue weighted by Gasteiger charge is 2.21. The number of hydrogen-bond acceptors (Lipinski definition) is 6. The van der Waals surface area contributed by atoms with Gasteiger partial charge in [-0.15, -0.1) is 0 Å². The highest BCUT2D eigenvalue weighted by molar-refractivity contribution is 7.91. The molecule has 1 amide bonds. The number of nitrogens with one attached hydrogen (secondary N) is 1. The number of ether oxygens (including phenoxy) is 1. The molecule has 0 radical (unpaired) electrons. The van der Waals surface area contributed by atoms with Crippen LogP contribution in [0.1, 0.15) is 28.6 Å². The van der Waals surface area contributed by atoms with Crippen molar-refractivity contribution in [3.05, 3.63) is 89.9 Å². The number of rotatable bonds is 8. The topological polar surface area (TPSA) is 98.5 Å². The Labute approximate surface area is 186 Å². The number of pyridine rings is 1. The van der Waals surface area contributed by atoms with Gasteiger partial charge in [-0.3, -0.25) is 9.78 Å². The molecule has 2 aromatic carbocycles. The van der Waals surface area contributed by atoms with Gasteiger partial charge in [-0.1, -0.05) is 30.3 Å². The van der Waals surface area contributed by atoms with E-state index in [1.807, 2.05) is 6.92 Å². The van der Waals surface area contributed by atoms with Gasteiger partial charge in [-0.05, 0) is 48.4 Å². The molecule has 2 aromatic heterocycles. The molecule has 7 nitrogen and oxygen atoms in total. The summed E-state index contributed by atoms with van der Waals surface area (Å²) in [6.07, 6.45) is 3.18. The molecule has 8 heteroatoms. The largest absolute Gasteiger partial charge is 0.449 e. The molecule has 0 unspecified atom stereocenters. The Morgan fingerprint density at radius 3 is 2.62 bits per heavy atom. The van der Waals surface area contributed by atoms with Gasteiger partial charge in [0.15, 0.2) is 11.3 Å². The number of benzene rings is 2. The van der Waals surface area contributed by atoms with E-state index in [1.54, 1.807) is 73.1 Å². The molecule has 0 aliphatic rings. The minimum absolute atomic E-state index is 0.182. The molecular weight excluding hydrogens is 428 g/mol. The van der Waals surface area contributed by atoms with Crippen LogP contribution >= 0.6 is 0 Å². The lowest BCUT2D eigenvalue weighted by Crippen LogP contribution is -2.22. The highest BCUT2D eigenvalue weighted by atomic mass is 32.2. The zero-order valence-corrected chi connectivity index (χ0v) is 18.3. The molecule has 2 heterocycles. The Hall–Kier alpha value is -3.49. The molecule has 0 aliphatic carbocycles. The number of amides is 1. The predicted octanol–water partition coefficient (Wildman–Crippen LogP) is 4.13. The van der Waals surface area contributed by atoms with Crippen LogP contribution in [0.2, 0.25) is 0 Å². The Balaban J connectivity index is 1.46. The maximum atomic E-state index is 13.1. The molecule has 164 valence electrons. The van der Waals surface area contributed by atoms with E-state index in [0.29, 0.717) is 17.8 Å². The van der Waals surface area contributed by atoms with Crippen molar-refractivity contribution in [3.63, 3.8) is 0 Å². The summed E-state index contributed by atoms with van der Waals surface area (Å²) in [5.74, 6) is -0.166. The fourth-order valence-corrected chi connectivity index (χ4v) is 4.75. The fourth-order valence-electron chi connectivity index (χ4n) is 3.28. The third-order valence-electron chi connectivity index (χ3n) is 4.96. The van der Waals surface area contributed by atoms with Crippen LogP contribution in [-0.4, -0.2) is 25.9 Å². The maximum absolute atomic E-state index is 13.1. The number of hydrogen-bond donors (Lipinski definition) is 1. The second-order valence-electron chi connectivity index (χ2n) is 7.10. The average molecular weight is 451 g/mol. The third kappa shape index (κ3) is 4.56. The fraction of sp³-hybridized carbons (Fsp3) is 0.167. The third-order valence-corrected chi connectivity index (χ3v) is 6.83. The summed E-state index contributed by atoms with van der Waals surface area (Å²) >= 11 is 0. The number of sulfone groups is 1. The van der Waals surface area contributed by atoms with Gasteiger partial charge < -0.3 is 14.5 Å². The van der Waals surface area contributed by atoms with Crippen LogP contribution in [-0.2, 0) is 27.7 Å². The summed E-state index contributed by atoms with van der Waals surface area (Å²) in [5, 5.41) is 3.57. The molecule has 0 bridgehead atoms. The zero-order chi connectivity index (χ0) is 22.6. The molecule has 0 atom stereocenters. The first kappa shape index (κ1) is 21.7. The molecule has 4 rings (SSSR count). The van der Waals surface area contributed by atoms with Crippen LogP contribution in [0.15, 0.2) is 87.3 Å². The summed E-state index contributed by atoms with van der Waals surface area (Å²) in [7, 11) is -3.69. The number of aromatic nitrogens is 1. The van der Waals surface area contributed by atoms with Crippen molar-refractivity contribution >= 4 is 26.7 Å². The lowest BCUT2D eigenvalue weighted by Gasteiger charge is -2.11. The van der Waals surface area contributed by atoms with Gasteiger partial charge in [0.25, 0.3) is 5.91 Å². The van der Waals surface area contributed by atoms with Gasteiger partial charge in [0, 0.05) is 24.7 Å². The molecule has 0 spiro atoms. The van der Waals surface area contributed by atoms with Gasteiger partial charge in [0.2, 0.25) is 9.84 Å². The lowest BCUT2D eigenvalue weighted by atomic mass is 10.2. The van der Waals surface area contributed by atoms with Crippen LogP contribution in [0.3, 0.4) is 0 Å². The minimum atomic E-state index is -3.69. The van der Waals surface area contributed by atoms with Gasteiger partial charge in [-0.25, -0.2) is 8.42 Å². The van der Waals surface area contributed by atoms with Crippen LogP contribution in [0.4, 0.5) is 0 Å². The first-order valence-corrected chi connectivity index (χ1v) is 11.6. The van der Waals surface area contributed by atoms with E-state index < -0.39 is 9.84 Å². The Kier molecular flexibility index (Phi) is 6.34. The van der Waals surface area contributed by atoms with Gasteiger partial charge >= 0.3 is 0 Å². The van der Waals surface area contributed by atoms with Crippen molar-refractivity contribution < 1.29 is 22.4 Å². The number of fused-ring (bicyclic) bond motifs is 1. The molecule has 0 aliphatic heterocycles. The van der Waals surface area contributed by atoms with Crippen molar-refractivity contribution in [1.82, 2.24) is 10.3 Å². The highest BCUT2D eigenvalue weighted by Crippen LogP contribution is 2.25. The molecule has 0 saturated carbocycles. The van der Waals surface area contributed by atoms with E-state index in [4.69, 9.17) is 9.15 Å². The van der Waals surface area contributed by atoms with E-state index in [1.165, 1.54) is 0 Å². The van der Waals surface area contributed by atoms with E-state index in [0.717, 1.165) is 10.9 Å². The smallest absolute Gasteiger partial charge is 0.287 e. The number of carbonyl (C=O) groups is 1. The molecule has 1 N–H and O–H groups in total. The molecule has 0 saturated heterocycles. The summed E-state index contributed by atoms with van der Waals surface area (Å²) in [6, 6.07) is 16.7. The average Bonchev–Trinajstić information content (AvgIpc) is 3.26. The van der Waals surface area contributed by atoms with Crippen molar-refractivity contribution in [3.8, 4) is 0 Å². The van der Waals surface area contributed by atoms with Crippen LogP contribution in [0.25, 0.3) is 11.0 Å². The summed E-state index contributed by atoms with van der Waals surface area (Å²) in [5.41, 5.74) is 1.92. The van der Waals surface area contributed by atoms with Crippen LogP contribution in [0, 0.1) is 0 Å². The zero-order valence-electron chi connectivity index (χ0n) is 17.4. The predicted molar refractivity (Wildman–Crippen MR) is 119 cm³/mol. The standard InChI is InChI=1S/C24H22N2O5S/c1-2-30-16-19-5-3-4-6-23(19)32(28,29)20-9-7-17(8-10-20)14-26-24(27)21-13-18-11-12-25-15-22(18)31-21/h3-13,15H,2,14,16H2,1H3,(H,26,27). The number of nitrogens with zero attached hydrogens (tertiary/aromatic N) is 1. The number of furan rings is 1. The summed E-state index contributed by atoms with van der Waals surface area (Å²) in [6.45, 7) is 2.82. The van der Waals surface area contributed by atoms with Crippen LogP contribution < -0.4 is 5.32 Å². The quantitative estimate of drug-likeness (QED) is 0.433.